The summed E-state index contributed by atoms with van der Waals surface area (Å²) < 4.78 is 0. The second-order valence-electron chi connectivity index (χ2n) is 4.15. The predicted molar refractivity (Wildman–Crippen MR) is 74.9 cm³/mol. The van der Waals surface area contributed by atoms with Crippen LogP contribution in [-0.4, -0.2) is 24.5 Å². The Morgan fingerprint density at radius 3 is 2.35 bits per heavy atom. The van der Waals surface area contributed by atoms with Gasteiger partial charge in [0.2, 0.25) is 0 Å². The molecule has 0 aliphatic heterocycles. The molecule has 0 spiro atoms. The Morgan fingerprint density at radius 1 is 1.00 bits per heavy atom. The molecular weight excluding hydrogens is 206 g/mol. The van der Waals surface area contributed by atoms with Crippen molar-refractivity contribution in [3.05, 3.63) is 35.9 Å². The summed E-state index contributed by atoms with van der Waals surface area (Å²) >= 11 is 0. The van der Waals surface area contributed by atoms with E-state index in [-0.39, 0.29) is 0 Å². The third-order valence-electron chi connectivity index (χ3n) is 2.93. The number of benzene rings is 1. The molecule has 1 nitrogen and oxygen atoms in total. The van der Waals surface area contributed by atoms with Gasteiger partial charge in [-0.25, -0.2) is 0 Å². The van der Waals surface area contributed by atoms with E-state index >= 15 is 0 Å². The predicted octanol–water partition coefficient (Wildman–Crippen LogP) is 3.35. The molecule has 0 N–H and O–H groups in total. The lowest BCUT2D eigenvalue weighted by Gasteiger charge is -2.13. The van der Waals surface area contributed by atoms with Crippen molar-refractivity contribution in [2.24, 2.45) is 0 Å². The van der Waals surface area contributed by atoms with Gasteiger partial charge < -0.3 is 0 Å². The number of rotatable bonds is 6. The smallest absolute Gasteiger partial charge is 0.0601 e. The number of hydrogen-bond donors (Lipinski definition) is 0. The highest BCUT2D eigenvalue weighted by atomic mass is 15.1. The molecular formula is C16H23N. The highest BCUT2D eigenvalue weighted by molar-refractivity contribution is 5.15. The van der Waals surface area contributed by atoms with Crippen LogP contribution in [0.15, 0.2) is 30.3 Å². The van der Waals surface area contributed by atoms with E-state index in [4.69, 9.17) is 0 Å². The molecule has 0 aliphatic carbocycles. The Kier molecular flexibility index (Phi) is 7.18. The molecule has 1 heteroatoms. The lowest BCUT2D eigenvalue weighted by atomic mass is 10.1. The number of aryl methyl sites for hydroxylation is 1. The van der Waals surface area contributed by atoms with Crippen LogP contribution in [0.3, 0.4) is 0 Å². The topological polar surface area (TPSA) is 3.24 Å². The fourth-order valence-electron chi connectivity index (χ4n) is 1.73. The molecule has 0 atom stereocenters. The quantitative estimate of drug-likeness (QED) is 0.534. The van der Waals surface area contributed by atoms with Gasteiger partial charge in [-0.3, -0.25) is 4.90 Å². The maximum Gasteiger partial charge on any atom is 0.0601 e. The number of nitrogens with zero attached hydrogens (tertiary/aromatic N) is 1. The molecule has 1 aromatic carbocycles. The van der Waals surface area contributed by atoms with E-state index in [0.29, 0.717) is 0 Å². The molecule has 0 radical (unpaired) electrons. The van der Waals surface area contributed by atoms with E-state index in [0.717, 1.165) is 38.9 Å². The molecule has 0 heterocycles. The van der Waals surface area contributed by atoms with Gasteiger partial charge in [-0.05, 0) is 31.5 Å². The lowest BCUT2D eigenvalue weighted by molar-refractivity contribution is 0.342. The van der Waals surface area contributed by atoms with E-state index in [1.165, 1.54) is 5.56 Å². The van der Waals surface area contributed by atoms with Crippen molar-refractivity contribution >= 4 is 0 Å². The molecule has 0 fully saturated rings. The number of hydrogen-bond acceptors (Lipinski definition) is 1. The van der Waals surface area contributed by atoms with Crippen LogP contribution in [0.2, 0.25) is 0 Å². The van der Waals surface area contributed by atoms with E-state index < -0.39 is 0 Å². The van der Waals surface area contributed by atoms with Crippen LogP contribution < -0.4 is 0 Å². The van der Waals surface area contributed by atoms with Crippen LogP contribution in [0.25, 0.3) is 0 Å². The maximum absolute atomic E-state index is 3.26. The summed E-state index contributed by atoms with van der Waals surface area (Å²) in [7, 11) is 0. The minimum Gasteiger partial charge on any atom is -0.293 e. The summed E-state index contributed by atoms with van der Waals surface area (Å²) in [5, 5.41) is 0. The van der Waals surface area contributed by atoms with Gasteiger partial charge in [-0.1, -0.05) is 50.1 Å². The Bertz CT molecular complexity index is 341. The zero-order valence-electron chi connectivity index (χ0n) is 11.1. The average Bonchev–Trinajstić information content (AvgIpc) is 2.39. The minimum atomic E-state index is 0.915. The minimum absolute atomic E-state index is 0.915. The normalized spacial score (nSPS) is 10.1. The molecule has 0 unspecified atom stereocenters. The van der Waals surface area contributed by atoms with Crippen molar-refractivity contribution in [3.8, 4) is 11.8 Å². The van der Waals surface area contributed by atoms with Crippen LogP contribution in [0.4, 0.5) is 0 Å². The van der Waals surface area contributed by atoms with Crippen molar-refractivity contribution < 1.29 is 0 Å². The monoisotopic (exact) mass is 229 g/mol. The summed E-state index contributed by atoms with van der Waals surface area (Å²) in [5.41, 5.74) is 1.41. The van der Waals surface area contributed by atoms with Gasteiger partial charge >= 0.3 is 0 Å². The molecule has 92 valence electrons. The number of unbranched alkanes of at least 4 members (excludes halogenated alkanes) is 1. The summed E-state index contributed by atoms with van der Waals surface area (Å²) in [6, 6.07) is 10.6. The van der Waals surface area contributed by atoms with Crippen molar-refractivity contribution in [2.45, 2.75) is 33.1 Å². The summed E-state index contributed by atoms with van der Waals surface area (Å²) in [6.45, 7) is 7.46. The van der Waals surface area contributed by atoms with Crippen LogP contribution in [0.5, 0.6) is 0 Å². The third kappa shape index (κ3) is 6.14. The van der Waals surface area contributed by atoms with Crippen LogP contribution >= 0.6 is 0 Å². The molecule has 1 aromatic rings. The second-order valence-corrected chi connectivity index (χ2v) is 4.15. The third-order valence-corrected chi connectivity index (χ3v) is 2.93. The van der Waals surface area contributed by atoms with Gasteiger partial charge in [0, 0.05) is 6.42 Å². The zero-order chi connectivity index (χ0) is 12.3. The van der Waals surface area contributed by atoms with Crippen LogP contribution in [0.1, 0.15) is 32.3 Å². The Balaban J connectivity index is 2.14. The lowest BCUT2D eigenvalue weighted by Crippen LogP contribution is -2.22. The summed E-state index contributed by atoms with van der Waals surface area (Å²) in [6.07, 6.45) is 3.31. The van der Waals surface area contributed by atoms with E-state index in [2.05, 4.69) is 60.9 Å². The SMILES string of the molecule is CCN(CC)CC#CCCCc1ccccc1. The first-order valence-electron chi connectivity index (χ1n) is 6.58. The van der Waals surface area contributed by atoms with Crippen molar-refractivity contribution in [3.63, 3.8) is 0 Å². The second kappa shape index (κ2) is 8.84. The molecule has 0 amide bonds. The standard InChI is InChI=1S/C16H23N/c1-3-17(4-2)15-11-6-5-8-12-16-13-9-7-10-14-16/h7,9-10,13-14H,3-5,8,12,15H2,1-2H3. The molecule has 17 heavy (non-hydrogen) atoms. The first-order valence-corrected chi connectivity index (χ1v) is 6.58. The molecule has 0 aromatic heterocycles. The van der Waals surface area contributed by atoms with Gasteiger partial charge in [0.05, 0.1) is 6.54 Å². The fourth-order valence-corrected chi connectivity index (χ4v) is 1.73. The first-order chi connectivity index (χ1) is 8.36. The highest BCUT2D eigenvalue weighted by Crippen LogP contribution is 2.03. The highest BCUT2D eigenvalue weighted by Gasteiger charge is 1.93. The molecule has 0 bridgehead atoms. The van der Waals surface area contributed by atoms with E-state index in [9.17, 15) is 0 Å². The van der Waals surface area contributed by atoms with Gasteiger partial charge in [0.15, 0.2) is 0 Å². The summed E-state index contributed by atoms with van der Waals surface area (Å²) in [4.78, 5) is 2.34. The van der Waals surface area contributed by atoms with Gasteiger partial charge in [0.1, 0.15) is 0 Å². The Labute approximate surface area is 106 Å². The van der Waals surface area contributed by atoms with E-state index in [1.54, 1.807) is 0 Å². The largest absolute Gasteiger partial charge is 0.293 e. The van der Waals surface area contributed by atoms with Crippen molar-refractivity contribution in [1.29, 1.82) is 0 Å². The maximum atomic E-state index is 3.26. The summed E-state index contributed by atoms with van der Waals surface area (Å²) in [5.74, 6) is 6.51. The van der Waals surface area contributed by atoms with Gasteiger partial charge in [0.25, 0.3) is 0 Å². The van der Waals surface area contributed by atoms with Gasteiger partial charge in [-0.2, -0.15) is 0 Å². The molecule has 0 saturated carbocycles. The van der Waals surface area contributed by atoms with E-state index in [1.807, 2.05) is 0 Å². The average molecular weight is 229 g/mol. The fraction of sp³-hybridized carbons (Fsp3) is 0.500. The van der Waals surface area contributed by atoms with Crippen molar-refractivity contribution in [2.75, 3.05) is 19.6 Å². The molecule has 1 rings (SSSR count). The van der Waals surface area contributed by atoms with Gasteiger partial charge in [-0.15, -0.1) is 5.92 Å². The Hall–Kier alpha value is -1.26. The van der Waals surface area contributed by atoms with Crippen molar-refractivity contribution in [1.82, 2.24) is 4.90 Å². The first kappa shape index (κ1) is 13.8. The van der Waals surface area contributed by atoms with Crippen LogP contribution in [0, 0.1) is 11.8 Å². The molecule has 0 saturated heterocycles. The van der Waals surface area contributed by atoms with Crippen LogP contribution in [-0.2, 0) is 6.42 Å². The molecule has 0 aliphatic rings. The Morgan fingerprint density at radius 2 is 1.71 bits per heavy atom. The zero-order valence-corrected chi connectivity index (χ0v) is 11.1.